The third kappa shape index (κ3) is 2.33. The van der Waals surface area contributed by atoms with Crippen LogP contribution in [0.2, 0.25) is 5.02 Å². The molecule has 1 amide bonds. The Hall–Kier alpha value is -2.26. The number of halogens is 1. The molecule has 0 radical (unpaired) electrons. The van der Waals surface area contributed by atoms with Gasteiger partial charge in [-0.25, -0.2) is 0 Å². The van der Waals surface area contributed by atoms with Crippen LogP contribution in [0.15, 0.2) is 12.1 Å². The minimum absolute atomic E-state index is 0.0635. The fraction of sp³-hybridized carbons (Fsp3) is 0.250. The maximum absolute atomic E-state index is 11.8. The Morgan fingerprint density at radius 3 is 2.79 bits per heavy atom. The lowest BCUT2D eigenvalue weighted by atomic mass is 10.1. The molecule has 1 aromatic rings. The Morgan fingerprint density at radius 2 is 2.26 bits per heavy atom. The number of anilines is 2. The van der Waals surface area contributed by atoms with E-state index in [4.69, 9.17) is 23.8 Å². The van der Waals surface area contributed by atoms with Crippen molar-refractivity contribution in [3.63, 3.8) is 0 Å². The van der Waals surface area contributed by atoms with Gasteiger partial charge in [-0.15, -0.1) is 12.3 Å². The molecule has 1 aliphatic heterocycles. The van der Waals surface area contributed by atoms with E-state index in [1.54, 1.807) is 0 Å². The smallest absolute Gasteiger partial charge is 0.290 e. The van der Waals surface area contributed by atoms with E-state index in [0.29, 0.717) is 6.54 Å². The Labute approximate surface area is 114 Å². The van der Waals surface area contributed by atoms with E-state index >= 15 is 0 Å². The molecule has 1 fully saturated rings. The molecule has 2 rings (SSSR count). The lowest BCUT2D eigenvalue weighted by Crippen LogP contribution is -2.25. The minimum Gasteiger partial charge on any atom is -0.397 e. The zero-order valence-electron chi connectivity index (χ0n) is 9.80. The molecule has 2 N–H and O–H groups in total. The summed E-state index contributed by atoms with van der Waals surface area (Å²) in [6, 6.07) is 2.47. The molecule has 98 valence electrons. The second-order valence-electron chi connectivity index (χ2n) is 4.19. The van der Waals surface area contributed by atoms with Gasteiger partial charge in [0.05, 0.1) is 16.3 Å². The van der Waals surface area contributed by atoms with Crippen LogP contribution >= 0.6 is 11.6 Å². The number of rotatable bonds is 2. The number of nitrogens with zero attached hydrogens (tertiary/aromatic N) is 2. The van der Waals surface area contributed by atoms with E-state index < -0.39 is 4.92 Å². The number of amides is 1. The first-order chi connectivity index (χ1) is 8.93. The number of nitro benzene ring substituents is 1. The van der Waals surface area contributed by atoms with Crippen LogP contribution in [-0.2, 0) is 4.79 Å². The van der Waals surface area contributed by atoms with Crippen molar-refractivity contribution in [2.75, 3.05) is 17.2 Å². The first-order valence-electron chi connectivity index (χ1n) is 5.44. The van der Waals surface area contributed by atoms with E-state index in [2.05, 4.69) is 5.92 Å². The van der Waals surface area contributed by atoms with E-state index in [-0.39, 0.29) is 40.3 Å². The average Bonchev–Trinajstić information content (AvgIpc) is 2.70. The van der Waals surface area contributed by atoms with Gasteiger partial charge in [0.1, 0.15) is 5.02 Å². The Kier molecular flexibility index (Phi) is 3.32. The largest absolute Gasteiger partial charge is 0.397 e. The molecular formula is C12H10ClN3O3. The van der Waals surface area contributed by atoms with Gasteiger partial charge in [-0.2, -0.15) is 0 Å². The highest BCUT2D eigenvalue weighted by atomic mass is 35.5. The Morgan fingerprint density at radius 1 is 1.58 bits per heavy atom. The molecule has 0 bridgehead atoms. The third-order valence-corrected chi connectivity index (χ3v) is 3.25. The normalized spacial score (nSPS) is 18.4. The molecule has 1 aliphatic rings. The van der Waals surface area contributed by atoms with Crippen LogP contribution in [-0.4, -0.2) is 17.4 Å². The van der Waals surface area contributed by atoms with Gasteiger partial charge in [0, 0.05) is 24.9 Å². The summed E-state index contributed by atoms with van der Waals surface area (Å²) in [7, 11) is 0. The molecule has 1 saturated heterocycles. The first kappa shape index (κ1) is 13.2. The molecule has 1 heterocycles. The van der Waals surface area contributed by atoms with E-state index in [1.165, 1.54) is 17.0 Å². The summed E-state index contributed by atoms with van der Waals surface area (Å²) in [5.41, 5.74) is 5.96. The zero-order chi connectivity index (χ0) is 14.2. The summed E-state index contributed by atoms with van der Waals surface area (Å²) >= 11 is 5.74. The van der Waals surface area contributed by atoms with Gasteiger partial charge in [-0.1, -0.05) is 11.6 Å². The molecule has 19 heavy (non-hydrogen) atoms. The van der Waals surface area contributed by atoms with Gasteiger partial charge in [0.2, 0.25) is 5.91 Å². The number of carbonyl (C=O) groups is 1. The van der Waals surface area contributed by atoms with Gasteiger partial charge >= 0.3 is 0 Å². The number of terminal acetylenes is 1. The lowest BCUT2D eigenvalue weighted by molar-refractivity contribution is -0.384. The van der Waals surface area contributed by atoms with Crippen LogP contribution in [0.4, 0.5) is 17.1 Å². The molecule has 0 aliphatic carbocycles. The number of hydrogen-bond donors (Lipinski definition) is 1. The van der Waals surface area contributed by atoms with Crippen LogP contribution in [0.3, 0.4) is 0 Å². The summed E-state index contributed by atoms with van der Waals surface area (Å²) in [6.07, 6.45) is 5.50. The SMILES string of the molecule is C#CC1CC(=O)N(c2cc([N+](=O)[O-])c(Cl)cc2N)C1. The molecule has 0 aromatic heterocycles. The maximum atomic E-state index is 11.8. The topological polar surface area (TPSA) is 89.5 Å². The van der Waals surface area contributed by atoms with E-state index in [0.717, 1.165) is 0 Å². The fourth-order valence-corrected chi connectivity index (χ4v) is 2.23. The highest BCUT2D eigenvalue weighted by molar-refractivity contribution is 6.33. The lowest BCUT2D eigenvalue weighted by Gasteiger charge is -2.18. The van der Waals surface area contributed by atoms with Gasteiger partial charge in [-0.05, 0) is 6.07 Å². The molecule has 1 aromatic carbocycles. The summed E-state index contributed by atoms with van der Waals surface area (Å²) < 4.78 is 0. The van der Waals surface area contributed by atoms with Crippen molar-refractivity contribution in [3.05, 3.63) is 27.3 Å². The predicted octanol–water partition coefficient (Wildman–Crippen LogP) is 1.82. The van der Waals surface area contributed by atoms with Crippen molar-refractivity contribution in [2.45, 2.75) is 6.42 Å². The highest BCUT2D eigenvalue weighted by Crippen LogP contribution is 2.37. The van der Waals surface area contributed by atoms with Crippen molar-refractivity contribution >= 4 is 34.6 Å². The van der Waals surface area contributed by atoms with Crippen LogP contribution in [0.1, 0.15) is 6.42 Å². The summed E-state index contributed by atoms with van der Waals surface area (Å²) in [5, 5.41) is 10.8. The van der Waals surface area contributed by atoms with Crippen molar-refractivity contribution in [1.82, 2.24) is 0 Å². The molecule has 0 saturated carbocycles. The quantitative estimate of drug-likeness (QED) is 0.387. The van der Waals surface area contributed by atoms with Crippen molar-refractivity contribution < 1.29 is 9.72 Å². The van der Waals surface area contributed by atoms with Crippen LogP contribution in [0.5, 0.6) is 0 Å². The van der Waals surface area contributed by atoms with Gasteiger partial charge < -0.3 is 10.6 Å². The summed E-state index contributed by atoms with van der Waals surface area (Å²) in [4.78, 5) is 23.4. The van der Waals surface area contributed by atoms with Crippen molar-refractivity contribution in [3.8, 4) is 12.3 Å². The number of benzene rings is 1. The summed E-state index contributed by atoms with van der Waals surface area (Å²) in [6.45, 7) is 0.304. The molecule has 1 atom stereocenters. The number of carbonyl (C=O) groups excluding carboxylic acids is 1. The number of nitrogens with two attached hydrogens (primary N) is 1. The van der Waals surface area contributed by atoms with Crippen molar-refractivity contribution in [1.29, 1.82) is 0 Å². The number of nitro groups is 1. The molecule has 0 spiro atoms. The van der Waals surface area contributed by atoms with Gasteiger partial charge in [-0.3, -0.25) is 14.9 Å². The molecular weight excluding hydrogens is 270 g/mol. The van der Waals surface area contributed by atoms with Crippen LogP contribution in [0.25, 0.3) is 0 Å². The first-order valence-corrected chi connectivity index (χ1v) is 5.81. The average molecular weight is 280 g/mol. The molecule has 1 unspecified atom stereocenters. The van der Waals surface area contributed by atoms with Gasteiger partial charge in [0.25, 0.3) is 5.69 Å². The van der Waals surface area contributed by atoms with E-state index in [1.807, 2.05) is 0 Å². The predicted molar refractivity (Wildman–Crippen MR) is 71.8 cm³/mol. The monoisotopic (exact) mass is 279 g/mol. The molecule has 6 nitrogen and oxygen atoms in total. The number of nitrogen functional groups attached to an aromatic ring is 1. The minimum atomic E-state index is -0.621. The Balaban J connectivity index is 2.46. The summed E-state index contributed by atoms with van der Waals surface area (Å²) in [5.74, 6) is 2.09. The van der Waals surface area contributed by atoms with Crippen molar-refractivity contribution in [2.24, 2.45) is 5.92 Å². The van der Waals surface area contributed by atoms with E-state index in [9.17, 15) is 14.9 Å². The van der Waals surface area contributed by atoms with Crippen LogP contribution in [0, 0.1) is 28.4 Å². The second-order valence-corrected chi connectivity index (χ2v) is 4.60. The third-order valence-electron chi connectivity index (χ3n) is 2.94. The maximum Gasteiger partial charge on any atom is 0.290 e. The highest BCUT2D eigenvalue weighted by Gasteiger charge is 2.32. The molecule has 7 heteroatoms. The Bertz CT molecular complexity index is 609. The standard InChI is InChI=1S/C12H10ClN3O3/c1-2-7-3-12(17)15(6-7)11-5-10(16(18)19)8(13)4-9(11)14/h1,4-5,7H,3,6,14H2. The van der Waals surface area contributed by atoms with Crippen LogP contribution < -0.4 is 10.6 Å². The van der Waals surface area contributed by atoms with Gasteiger partial charge in [0.15, 0.2) is 0 Å². The fourth-order valence-electron chi connectivity index (χ4n) is 1.99. The zero-order valence-corrected chi connectivity index (χ0v) is 10.6. The second kappa shape index (κ2) is 4.78. The number of hydrogen-bond acceptors (Lipinski definition) is 4.